The van der Waals surface area contributed by atoms with Crippen LogP contribution in [0, 0.1) is 0 Å². The van der Waals surface area contributed by atoms with Crippen molar-refractivity contribution in [3.8, 4) is 0 Å². The Hall–Kier alpha value is -1.17. The molecule has 1 N–H and O–H groups in total. The molecule has 4 rings (SSSR count). The van der Waals surface area contributed by atoms with Gasteiger partial charge in [0.25, 0.3) is 0 Å². The lowest BCUT2D eigenvalue weighted by molar-refractivity contribution is 0.315. The summed E-state index contributed by atoms with van der Waals surface area (Å²) in [6.45, 7) is 5.65. The molecule has 4 nitrogen and oxygen atoms in total. The van der Waals surface area contributed by atoms with Crippen molar-refractivity contribution in [1.82, 2.24) is 20.0 Å². The van der Waals surface area contributed by atoms with Gasteiger partial charge in [0.1, 0.15) is 0 Å². The van der Waals surface area contributed by atoms with Crippen LogP contribution < -0.4 is 0 Å². The molecule has 5 heteroatoms. The number of aromatic amines is 1. The highest BCUT2D eigenvalue weighted by Crippen LogP contribution is 2.24. The number of aryl methyl sites for hydroxylation is 1. The third-order valence-corrected chi connectivity index (χ3v) is 6.52. The Labute approximate surface area is 155 Å². The lowest BCUT2D eigenvalue weighted by Crippen LogP contribution is -2.18. The summed E-state index contributed by atoms with van der Waals surface area (Å²) in [5, 5.41) is 10.3. The molecule has 2 aromatic heterocycles. The van der Waals surface area contributed by atoms with Gasteiger partial charge in [-0.1, -0.05) is 6.42 Å². The maximum absolute atomic E-state index is 4.62. The summed E-state index contributed by atoms with van der Waals surface area (Å²) in [5.41, 5.74) is 5.66. The molecule has 1 aliphatic heterocycles. The number of rotatable bonds is 6. The monoisotopic (exact) mass is 358 g/mol. The third-order valence-electron chi connectivity index (χ3n) is 5.55. The Kier molecular flexibility index (Phi) is 5.54. The van der Waals surface area contributed by atoms with Crippen molar-refractivity contribution in [3.05, 3.63) is 38.8 Å². The highest BCUT2D eigenvalue weighted by atomic mass is 32.1. The van der Waals surface area contributed by atoms with Gasteiger partial charge in [-0.3, -0.25) is 14.9 Å². The van der Waals surface area contributed by atoms with Crippen LogP contribution in [-0.4, -0.2) is 40.1 Å². The molecule has 0 saturated carbocycles. The number of aromatic nitrogens is 2. The summed E-state index contributed by atoms with van der Waals surface area (Å²) in [7, 11) is 2.22. The minimum absolute atomic E-state index is 0.950. The van der Waals surface area contributed by atoms with Gasteiger partial charge < -0.3 is 0 Å². The van der Waals surface area contributed by atoms with Crippen molar-refractivity contribution in [2.24, 2.45) is 0 Å². The Bertz CT molecular complexity index is 684. The second-order valence-corrected chi connectivity index (χ2v) is 8.76. The summed E-state index contributed by atoms with van der Waals surface area (Å²) in [5.74, 6) is 0. The predicted molar refractivity (Wildman–Crippen MR) is 104 cm³/mol. The summed E-state index contributed by atoms with van der Waals surface area (Å²) in [4.78, 5) is 6.46. The first-order valence-electron chi connectivity index (χ1n) is 9.80. The molecule has 0 aromatic carbocycles. The van der Waals surface area contributed by atoms with Crippen molar-refractivity contribution in [2.45, 2.75) is 64.6 Å². The van der Waals surface area contributed by atoms with Crippen molar-refractivity contribution >= 4 is 11.3 Å². The number of H-pyrrole nitrogens is 1. The fraction of sp³-hybridized carbons (Fsp3) is 0.650. The zero-order chi connectivity index (χ0) is 17.1. The normalized spacial score (nSPS) is 18.6. The predicted octanol–water partition coefficient (Wildman–Crippen LogP) is 3.97. The number of nitrogens with one attached hydrogen (secondary N) is 1. The van der Waals surface area contributed by atoms with Crippen molar-refractivity contribution in [1.29, 1.82) is 0 Å². The molecule has 136 valence electrons. The fourth-order valence-corrected chi connectivity index (χ4v) is 5.19. The van der Waals surface area contributed by atoms with Crippen LogP contribution in [0.15, 0.2) is 11.4 Å². The van der Waals surface area contributed by atoms with E-state index in [1.165, 1.54) is 85.4 Å². The van der Waals surface area contributed by atoms with Crippen LogP contribution in [0.2, 0.25) is 0 Å². The second-order valence-electron chi connectivity index (χ2n) is 7.76. The number of hydrogen-bond donors (Lipinski definition) is 1. The van der Waals surface area contributed by atoms with E-state index in [-0.39, 0.29) is 0 Å². The standard InChI is InChI=1S/C20H30N4S/c1-23(14-20-18-7-3-2-4-8-19(18)21-22-20)13-17-11-16(15-25-17)12-24-9-5-6-10-24/h11,15H,2-10,12-14H2,1H3,(H,21,22). The van der Waals surface area contributed by atoms with Gasteiger partial charge in [-0.25, -0.2) is 0 Å². The van der Waals surface area contributed by atoms with Crippen molar-refractivity contribution in [3.63, 3.8) is 0 Å². The SMILES string of the molecule is CN(Cc1cc(CN2CCCC2)cs1)Cc1n[nH]c2c1CCCCC2. The smallest absolute Gasteiger partial charge is 0.0797 e. The van der Waals surface area contributed by atoms with Crippen molar-refractivity contribution in [2.75, 3.05) is 20.1 Å². The van der Waals surface area contributed by atoms with Crippen molar-refractivity contribution < 1.29 is 0 Å². The minimum Gasteiger partial charge on any atom is -0.299 e. The Morgan fingerprint density at radius 3 is 2.84 bits per heavy atom. The van der Waals surface area contributed by atoms with E-state index in [0.29, 0.717) is 0 Å². The molecule has 2 aliphatic rings. The molecule has 0 amide bonds. The van der Waals surface area contributed by atoms with Crippen LogP contribution in [0.3, 0.4) is 0 Å². The first kappa shape index (κ1) is 17.3. The van der Waals surface area contributed by atoms with Gasteiger partial charge in [0.05, 0.1) is 5.69 Å². The first-order chi connectivity index (χ1) is 12.3. The molecular weight excluding hydrogens is 328 g/mol. The van der Waals surface area contributed by atoms with Gasteiger partial charge in [-0.2, -0.15) is 5.10 Å². The average molecular weight is 359 g/mol. The molecule has 1 fully saturated rings. The van der Waals surface area contributed by atoms with Crippen LogP contribution in [0.1, 0.15) is 59.5 Å². The third kappa shape index (κ3) is 4.33. The highest BCUT2D eigenvalue weighted by molar-refractivity contribution is 7.10. The quantitative estimate of drug-likeness (QED) is 0.794. The van der Waals surface area contributed by atoms with Crippen LogP contribution in [0.4, 0.5) is 0 Å². The van der Waals surface area contributed by atoms with Crippen LogP contribution in [-0.2, 0) is 32.5 Å². The molecule has 1 saturated heterocycles. The van der Waals surface area contributed by atoms with Gasteiger partial charge in [-0.05, 0) is 81.2 Å². The maximum Gasteiger partial charge on any atom is 0.0797 e. The van der Waals surface area contributed by atoms with Gasteiger partial charge in [0.2, 0.25) is 0 Å². The number of thiophene rings is 1. The summed E-state index contributed by atoms with van der Waals surface area (Å²) in [6, 6.07) is 2.41. The molecule has 0 spiro atoms. The van der Waals surface area contributed by atoms with Gasteiger partial charge >= 0.3 is 0 Å². The first-order valence-corrected chi connectivity index (χ1v) is 10.7. The summed E-state index contributed by atoms with van der Waals surface area (Å²) >= 11 is 1.91. The molecule has 1 aliphatic carbocycles. The molecule has 0 radical (unpaired) electrons. The lowest BCUT2D eigenvalue weighted by Gasteiger charge is -2.15. The molecule has 0 bridgehead atoms. The van der Waals surface area contributed by atoms with Gasteiger partial charge in [-0.15, -0.1) is 11.3 Å². The van der Waals surface area contributed by atoms with E-state index in [0.717, 1.165) is 19.6 Å². The topological polar surface area (TPSA) is 35.2 Å². The van der Waals surface area contributed by atoms with Gasteiger partial charge in [0, 0.05) is 30.2 Å². The largest absolute Gasteiger partial charge is 0.299 e. The van der Waals surface area contributed by atoms with E-state index in [4.69, 9.17) is 0 Å². The molecule has 25 heavy (non-hydrogen) atoms. The number of likely N-dealkylation sites (tertiary alicyclic amines) is 1. The van der Waals surface area contributed by atoms with Gasteiger partial charge in [0.15, 0.2) is 0 Å². The Morgan fingerprint density at radius 1 is 1.12 bits per heavy atom. The molecule has 3 heterocycles. The summed E-state index contributed by atoms with van der Waals surface area (Å²) < 4.78 is 0. The zero-order valence-electron chi connectivity index (χ0n) is 15.4. The molecular formula is C20H30N4S. The number of fused-ring (bicyclic) bond motifs is 1. The van der Waals surface area contributed by atoms with E-state index < -0.39 is 0 Å². The number of hydrogen-bond acceptors (Lipinski definition) is 4. The van der Waals surface area contributed by atoms with Crippen LogP contribution in [0.5, 0.6) is 0 Å². The molecule has 0 unspecified atom stereocenters. The molecule has 0 atom stereocenters. The van der Waals surface area contributed by atoms with E-state index in [1.54, 1.807) is 0 Å². The fourth-order valence-electron chi connectivity index (χ4n) is 4.23. The van der Waals surface area contributed by atoms with E-state index in [2.05, 4.69) is 38.5 Å². The minimum atomic E-state index is 0.950. The zero-order valence-corrected chi connectivity index (χ0v) is 16.2. The maximum atomic E-state index is 4.62. The van der Waals surface area contributed by atoms with Crippen LogP contribution >= 0.6 is 11.3 Å². The highest BCUT2D eigenvalue weighted by Gasteiger charge is 2.17. The van der Waals surface area contributed by atoms with E-state index in [1.807, 2.05) is 11.3 Å². The second kappa shape index (κ2) is 8.02. The molecule has 2 aromatic rings. The van der Waals surface area contributed by atoms with E-state index >= 15 is 0 Å². The Balaban J connectivity index is 1.34. The lowest BCUT2D eigenvalue weighted by atomic mass is 10.1. The summed E-state index contributed by atoms with van der Waals surface area (Å²) in [6.07, 6.45) is 9.09. The number of nitrogens with zero attached hydrogens (tertiary/aromatic N) is 3. The Morgan fingerprint density at radius 2 is 1.96 bits per heavy atom. The van der Waals surface area contributed by atoms with Crippen LogP contribution in [0.25, 0.3) is 0 Å². The average Bonchev–Trinajstić information content (AvgIpc) is 3.29. The van der Waals surface area contributed by atoms with E-state index in [9.17, 15) is 0 Å².